The van der Waals surface area contributed by atoms with Gasteiger partial charge in [0.1, 0.15) is 5.75 Å². The van der Waals surface area contributed by atoms with Crippen molar-refractivity contribution < 1.29 is 17.9 Å². The number of amides is 1. The van der Waals surface area contributed by atoms with E-state index in [2.05, 4.69) is 5.32 Å². The van der Waals surface area contributed by atoms with Gasteiger partial charge in [-0.1, -0.05) is 0 Å². The highest BCUT2D eigenvalue weighted by Gasteiger charge is 2.14. The monoisotopic (exact) mass is 263 g/mol. The van der Waals surface area contributed by atoms with Crippen LogP contribution in [0.15, 0.2) is 0 Å². The lowest BCUT2D eigenvalue weighted by Crippen LogP contribution is -2.30. The molecule has 0 saturated carbocycles. The third-order valence-electron chi connectivity index (χ3n) is 2.69. The van der Waals surface area contributed by atoms with Gasteiger partial charge in [0.05, 0.1) is 6.10 Å². The highest BCUT2D eigenvalue weighted by molar-refractivity contribution is 7.91. The molecule has 0 radical (unpaired) electrons. The lowest BCUT2D eigenvalue weighted by molar-refractivity contribution is -0.118. The molecule has 6 heteroatoms. The number of nitrogens with one attached hydrogen (secondary N) is 1. The summed E-state index contributed by atoms with van der Waals surface area (Å²) in [6.45, 7) is 1.41. The normalized spacial score (nSPS) is 20.4. The SMILES string of the molecule is CS(=O)(=O)CC(=O)NCCCCC1CCCO1. The second kappa shape index (κ2) is 6.96. The quantitative estimate of drug-likeness (QED) is 0.679. The van der Waals surface area contributed by atoms with Crippen LogP contribution in [0.3, 0.4) is 0 Å². The van der Waals surface area contributed by atoms with E-state index in [1.165, 1.54) is 0 Å². The summed E-state index contributed by atoms with van der Waals surface area (Å²) < 4.78 is 27.1. The summed E-state index contributed by atoms with van der Waals surface area (Å²) in [5.74, 6) is -0.830. The molecule has 1 atom stereocenters. The van der Waals surface area contributed by atoms with E-state index in [1.807, 2.05) is 0 Å². The molecular weight excluding hydrogens is 242 g/mol. The fraction of sp³-hybridized carbons (Fsp3) is 0.909. The van der Waals surface area contributed by atoms with Gasteiger partial charge in [0, 0.05) is 19.4 Å². The highest BCUT2D eigenvalue weighted by Crippen LogP contribution is 2.17. The molecule has 1 unspecified atom stereocenters. The minimum absolute atomic E-state index is 0.390. The van der Waals surface area contributed by atoms with E-state index >= 15 is 0 Å². The van der Waals surface area contributed by atoms with Crippen LogP contribution in [-0.4, -0.2) is 45.6 Å². The van der Waals surface area contributed by atoms with E-state index in [0.29, 0.717) is 12.6 Å². The lowest BCUT2D eigenvalue weighted by atomic mass is 10.1. The van der Waals surface area contributed by atoms with Crippen LogP contribution in [0.1, 0.15) is 32.1 Å². The molecule has 0 aromatic heterocycles. The first-order chi connectivity index (χ1) is 7.97. The minimum atomic E-state index is -3.21. The Morgan fingerprint density at radius 2 is 2.18 bits per heavy atom. The van der Waals surface area contributed by atoms with E-state index in [0.717, 1.165) is 45.0 Å². The minimum Gasteiger partial charge on any atom is -0.378 e. The first kappa shape index (κ1) is 14.4. The molecule has 1 saturated heterocycles. The Bertz CT molecular complexity index is 333. The molecule has 5 nitrogen and oxygen atoms in total. The molecule has 0 bridgehead atoms. The van der Waals surface area contributed by atoms with Crippen molar-refractivity contribution in [1.82, 2.24) is 5.32 Å². The molecule has 1 fully saturated rings. The van der Waals surface area contributed by atoms with E-state index in [-0.39, 0.29) is 0 Å². The van der Waals surface area contributed by atoms with Gasteiger partial charge in [-0.2, -0.15) is 0 Å². The molecule has 17 heavy (non-hydrogen) atoms. The third kappa shape index (κ3) is 7.33. The lowest BCUT2D eigenvalue weighted by Gasteiger charge is -2.09. The smallest absolute Gasteiger partial charge is 0.235 e. The van der Waals surface area contributed by atoms with Crippen LogP contribution in [0.25, 0.3) is 0 Å². The van der Waals surface area contributed by atoms with Crippen molar-refractivity contribution in [3.8, 4) is 0 Å². The second-order valence-corrected chi connectivity index (χ2v) is 6.69. The van der Waals surface area contributed by atoms with Crippen molar-refractivity contribution in [3.63, 3.8) is 0 Å². The fourth-order valence-electron chi connectivity index (χ4n) is 1.89. The summed E-state index contributed by atoms with van der Waals surface area (Å²) in [7, 11) is -3.21. The number of carbonyl (C=O) groups excluding carboxylic acids is 1. The van der Waals surface area contributed by atoms with Crippen molar-refractivity contribution in [2.45, 2.75) is 38.2 Å². The first-order valence-electron chi connectivity index (χ1n) is 6.03. The van der Waals surface area contributed by atoms with Gasteiger partial charge in [-0.3, -0.25) is 4.79 Å². The van der Waals surface area contributed by atoms with Gasteiger partial charge in [-0.05, 0) is 32.1 Å². The zero-order valence-corrected chi connectivity index (χ0v) is 11.1. The molecule has 0 aromatic carbocycles. The van der Waals surface area contributed by atoms with Crippen LogP contribution in [0.4, 0.5) is 0 Å². The summed E-state index contributed by atoms with van der Waals surface area (Å²) in [6.07, 6.45) is 6.64. The van der Waals surface area contributed by atoms with Crippen molar-refractivity contribution >= 4 is 15.7 Å². The zero-order chi connectivity index (χ0) is 12.7. The van der Waals surface area contributed by atoms with Crippen LogP contribution in [0.5, 0.6) is 0 Å². The summed E-state index contributed by atoms with van der Waals surface area (Å²) in [6, 6.07) is 0. The Labute approximate surface area is 103 Å². The third-order valence-corrected chi connectivity index (χ3v) is 3.48. The van der Waals surface area contributed by atoms with Gasteiger partial charge in [0.15, 0.2) is 9.84 Å². The van der Waals surface area contributed by atoms with E-state index in [4.69, 9.17) is 4.74 Å². The Morgan fingerprint density at radius 1 is 1.41 bits per heavy atom. The molecule has 100 valence electrons. The summed E-state index contributed by atoms with van der Waals surface area (Å²) in [4.78, 5) is 11.2. The predicted molar refractivity (Wildman–Crippen MR) is 65.5 cm³/mol. The number of carbonyl (C=O) groups is 1. The maximum absolute atomic E-state index is 11.2. The molecule has 1 N–H and O–H groups in total. The zero-order valence-electron chi connectivity index (χ0n) is 10.3. The average molecular weight is 263 g/mol. The molecule has 0 aromatic rings. The van der Waals surface area contributed by atoms with Crippen molar-refractivity contribution in [2.75, 3.05) is 25.2 Å². The number of sulfone groups is 1. The largest absolute Gasteiger partial charge is 0.378 e. The molecule has 1 amide bonds. The molecule has 1 heterocycles. The Balaban J connectivity index is 1.98. The van der Waals surface area contributed by atoms with E-state index in [1.54, 1.807) is 0 Å². The highest BCUT2D eigenvalue weighted by atomic mass is 32.2. The van der Waals surface area contributed by atoms with Gasteiger partial charge in [0.2, 0.25) is 5.91 Å². The van der Waals surface area contributed by atoms with Gasteiger partial charge in [0.25, 0.3) is 0 Å². The molecule has 0 spiro atoms. The van der Waals surface area contributed by atoms with Gasteiger partial charge < -0.3 is 10.1 Å². The summed E-state index contributed by atoms with van der Waals surface area (Å²) in [5, 5.41) is 2.61. The van der Waals surface area contributed by atoms with Gasteiger partial charge in [-0.15, -0.1) is 0 Å². The fourth-order valence-corrected chi connectivity index (χ4v) is 2.46. The summed E-state index contributed by atoms with van der Waals surface area (Å²) in [5.41, 5.74) is 0. The summed E-state index contributed by atoms with van der Waals surface area (Å²) >= 11 is 0. The van der Waals surface area contributed by atoms with Crippen molar-refractivity contribution in [3.05, 3.63) is 0 Å². The Morgan fingerprint density at radius 3 is 2.76 bits per heavy atom. The number of hydrogen-bond acceptors (Lipinski definition) is 4. The molecule has 0 aliphatic carbocycles. The predicted octanol–water partition coefficient (Wildman–Crippen LogP) is 0.496. The maximum atomic E-state index is 11.2. The maximum Gasteiger partial charge on any atom is 0.235 e. The number of hydrogen-bond donors (Lipinski definition) is 1. The molecule has 1 aliphatic rings. The number of rotatable bonds is 7. The van der Waals surface area contributed by atoms with Crippen LogP contribution in [0, 0.1) is 0 Å². The molecular formula is C11H21NO4S. The van der Waals surface area contributed by atoms with Crippen LogP contribution in [0.2, 0.25) is 0 Å². The topological polar surface area (TPSA) is 72.5 Å². The van der Waals surface area contributed by atoms with Gasteiger partial charge >= 0.3 is 0 Å². The van der Waals surface area contributed by atoms with Gasteiger partial charge in [-0.25, -0.2) is 8.42 Å². The van der Waals surface area contributed by atoms with E-state index in [9.17, 15) is 13.2 Å². The standard InChI is InChI=1S/C11H21NO4S/c1-17(14,15)9-11(13)12-7-3-2-5-10-6-4-8-16-10/h10H,2-9H2,1H3,(H,12,13). The van der Waals surface area contributed by atoms with Crippen LogP contribution >= 0.6 is 0 Å². The van der Waals surface area contributed by atoms with Crippen molar-refractivity contribution in [1.29, 1.82) is 0 Å². The van der Waals surface area contributed by atoms with E-state index < -0.39 is 21.5 Å². The second-order valence-electron chi connectivity index (χ2n) is 4.55. The Hall–Kier alpha value is -0.620. The average Bonchev–Trinajstić information content (AvgIpc) is 2.67. The van der Waals surface area contributed by atoms with Crippen molar-refractivity contribution in [2.24, 2.45) is 0 Å². The first-order valence-corrected chi connectivity index (χ1v) is 8.09. The van der Waals surface area contributed by atoms with Crippen LogP contribution < -0.4 is 5.32 Å². The van der Waals surface area contributed by atoms with Crippen LogP contribution in [-0.2, 0) is 19.4 Å². The molecule has 1 aliphatic heterocycles. The molecule has 1 rings (SSSR count). The number of unbranched alkanes of at least 4 members (excludes halogenated alkanes) is 1. The number of ether oxygens (including phenoxy) is 1. The Kier molecular flexibility index (Phi) is 5.91.